The van der Waals surface area contributed by atoms with Crippen LogP contribution in [0.5, 0.6) is 5.75 Å². The van der Waals surface area contributed by atoms with Gasteiger partial charge in [0.1, 0.15) is 5.75 Å². The average Bonchev–Trinajstić information content (AvgIpc) is 3.26. The van der Waals surface area contributed by atoms with Gasteiger partial charge in [-0.05, 0) is 141 Å². The molecule has 1 N–H and O–H groups in total. The van der Waals surface area contributed by atoms with Gasteiger partial charge in [0.05, 0.1) is 0 Å². The molecular weight excluding hydrogens is 677 g/mol. The SMILES string of the molecule is Cc1c(-c2ccc3c4ccccc4c4ccc(-c5ccc6c(c5)-c5ccccc5-c5ccccc5-c5ccccc5-6)cc4c3c2)cccc1-c1ccccc1O. The standard InChI is InChI=1S/C55H36O/c1-34-38(22-12-23-39(34)51-21-10-11-24-55(51)56)37-27-30-50-46-19-7-6-18-45(46)49-29-26-36(32-53(49)54(50)33-37)35-25-28-48-44-17-5-4-15-42(44)40-13-2-3-14-41(40)43-16-8-9-20-47(43)52(48)31-35/h2-33,56H,1H3. The molecule has 0 fully saturated rings. The highest BCUT2D eigenvalue weighted by atomic mass is 16.3. The molecule has 56 heavy (non-hydrogen) atoms. The molecule has 1 aliphatic carbocycles. The molecule has 0 saturated heterocycles. The summed E-state index contributed by atoms with van der Waals surface area (Å²) in [5.74, 6) is 0.294. The van der Waals surface area contributed by atoms with Crippen molar-refractivity contribution in [3.8, 4) is 83.6 Å². The van der Waals surface area contributed by atoms with E-state index < -0.39 is 0 Å². The van der Waals surface area contributed by atoms with Crippen LogP contribution in [0.4, 0.5) is 0 Å². The van der Waals surface area contributed by atoms with Crippen LogP contribution in [0.2, 0.25) is 0 Å². The smallest absolute Gasteiger partial charge is 0.123 e. The largest absolute Gasteiger partial charge is 0.507 e. The maximum atomic E-state index is 10.8. The molecule has 11 rings (SSSR count). The number of rotatable bonds is 3. The summed E-state index contributed by atoms with van der Waals surface area (Å²) in [7, 11) is 0. The number of fused-ring (bicyclic) bond motifs is 14. The number of para-hydroxylation sites is 1. The van der Waals surface area contributed by atoms with E-state index in [-0.39, 0.29) is 0 Å². The van der Waals surface area contributed by atoms with Crippen LogP contribution in [0.15, 0.2) is 194 Å². The molecule has 0 aliphatic heterocycles. The third-order valence-electron chi connectivity index (χ3n) is 12.0. The molecule has 0 saturated carbocycles. The Morgan fingerprint density at radius 1 is 0.250 bits per heavy atom. The molecule has 0 spiro atoms. The number of benzene rings is 10. The minimum Gasteiger partial charge on any atom is -0.507 e. The molecule has 0 aromatic heterocycles. The molecule has 10 aromatic rings. The lowest BCUT2D eigenvalue weighted by atomic mass is 9.80. The van der Waals surface area contributed by atoms with Gasteiger partial charge in [0.15, 0.2) is 0 Å². The Balaban J connectivity index is 1.13. The summed E-state index contributed by atoms with van der Waals surface area (Å²) in [5, 5.41) is 18.2. The first-order chi connectivity index (χ1) is 27.6. The fraction of sp³-hybridized carbons (Fsp3) is 0.0182. The van der Waals surface area contributed by atoms with Crippen LogP contribution in [0.25, 0.3) is 110 Å². The van der Waals surface area contributed by atoms with Gasteiger partial charge < -0.3 is 5.11 Å². The first kappa shape index (κ1) is 32.2. The molecule has 0 unspecified atom stereocenters. The van der Waals surface area contributed by atoms with Crippen molar-refractivity contribution in [1.29, 1.82) is 0 Å². The number of phenols is 1. The van der Waals surface area contributed by atoms with E-state index in [0.717, 1.165) is 27.8 Å². The molecule has 1 aliphatic rings. The van der Waals surface area contributed by atoms with E-state index in [4.69, 9.17) is 0 Å². The molecule has 0 bridgehead atoms. The van der Waals surface area contributed by atoms with E-state index in [1.54, 1.807) is 6.07 Å². The Morgan fingerprint density at radius 2 is 0.625 bits per heavy atom. The zero-order chi connectivity index (χ0) is 37.3. The molecule has 1 heteroatoms. The topological polar surface area (TPSA) is 20.2 Å². The zero-order valence-electron chi connectivity index (χ0n) is 30.9. The van der Waals surface area contributed by atoms with Crippen LogP contribution < -0.4 is 0 Å². The van der Waals surface area contributed by atoms with Gasteiger partial charge in [-0.25, -0.2) is 0 Å². The van der Waals surface area contributed by atoms with Gasteiger partial charge in [0.25, 0.3) is 0 Å². The molecule has 0 atom stereocenters. The Labute approximate surface area is 326 Å². The Hall–Kier alpha value is -7.22. The van der Waals surface area contributed by atoms with Crippen molar-refractivity contribution in [3.63, 3.8) is 0 Å². The Bertz CT molecular complexity index is 3210. The maximum absolute atomic E-state index is 10.8. The normalized spacial score (nSPS) is 11.7. The van der Waals surface area contributed by atoms with E-state index in [0.29, 0.717) is 5.75 Å². The lowest BCUT2D eigenvalue weighted by Gasteiger charge is -2.23. The van der Waals surface area contributed by atoms with Crippen LogP contribution in [0.3, 0.4) is 0 Å². The summed E-state index contributed by atoms with van der Waals surface area (Å²) in [4.78, 5) is 0. The first-order valence-corrected chi connectivity index (χ1v) is 19.3. The predicted octanol–water partition coefficient (Wildman–Crippen LogP) is 15.1. The highest BCUT2D eigenvalue weighted by Crippen LogP contribution is 2.49. The van der Waals surface area contributed by atoms with Crippen molar-refractivity contribution in [2.45, 2.75) is 6.92 Å². The second kappa shape index (κ2) is 12.7. The molecule has 262 valence electrons. The van der Waals surface area contributed by atoms with Crippen molar-refractivity contribution in [2.75, 3.05) is 0 Å². The van der Waals surface area contributed by atoms with E-state index >= 15 is 0 Å². The maximum Gasteiger partial charge on any atom is 0.123 e. The molecular formula is C55H36O. The second-order valence-electron chi connectivity index (χ2n) is 15.0. The summed E-state index contributed by atoms with van der Waals surface area (Å²) in [6, 6.07) is 70.3. The number of aromatic hydroxyl groups is 1. The Morgan fingerprint density at radius 3 is 1.20 bits per heavy atom. The molecule has 0 amide bonds. The monoisotopic (exact) mass is 712 g/mol. The average molecular weight is 713 g/mol. The van der Waals surface area contributed by atoms with E-state index in [9.17, 15) is 5.11 Å². The molecule has 10 aromatic carbocycles. The lowest BCUT2D eigenvalue weighted by Crippen LogP contribution is -1.97. The van der Waals surface area contributed by atoms with E-state index in [1.165, 1.54) is 88.0 Å². The lowest BCUT2D eigenvalue weighted by molar-refractivity contribution is 0.477. The van der Waals surface area contributed by atoms with E-state index in [1.807, 2.05) is 18.2 Å². The number of hydrogen-bond acceptors (Lipinski definition) is 1. The summed E-state index contributed by atoms with van der Waals surface area (Å²) < 4.78 is 0. The van der Waals surface area contributed by atoms with Crippen molar-refractivity contribution in [3.05, 3.63) is 200 Å². The summed E-state index contributed by atoms with van der Waals surface area (Å²) in [6.45, 7) is 2.16. The van der Waals surface area contributed by atoms with Gasteiger partial charge in [0.2, 0.25) is 0 Å². The van der Waals surface area contributed by atoms with Gasteiger partial charge in [0, 0.05) is 5.56 Å². The molecule has 0 heterocycles. The summed E-state index contributed by atoms with van der Waals surface area (Å²) in [6.07, 6.45) is 0. The molecule has 0 radical (unpaired) electrons. The van der Waals surface area contributed by atoms with Gasteiger partial charge in [-0.15, -0.1) is 0 Å². The third-order valence-corrected chi connectivity index (χ3v) is 12.0. The quantitative estimate of drug-likeness (QED) is 0.181. The van der Waals surface area contributed by atoms with Crippen LogP contribution in [0, 0.1) is 6.92 Å². The minimum absolute atomic E-state index is 0.294. The number of phenolic OH excluding ortho intramolecular Hbond substituents is 1. The fourth-order valence-corrected chi connectivity index (χ4v) is 9.29. The van der Waals surface area contributed by atoms with Crippen LogP contribution in [0.1, 0.15) is 5.56 Å². The van der Waals surface area contributed by atoms with Gasteiger partial charge >= 0.3 is 0 Å². The van der Waals surface area contributed by atoms with Gasteiger partial charge in [-0.1, -0.05) is 170 Å². The van der Waals surface area contributed by atoms with Crippen LogP contribution in [-0.2, 0) is 0 Å². The van der Waals surface area contributed by atoms with Gasteiger partial charge in [-0.2, -0.15) is 0 Å². The minimum atomic E-state index is 0.294. The predicted molar refractivity (Wildman–Crippen MR) is 237 cm³/mol. The van der Waals surface area contributed by atoms with Crippen LogP contribution >= 0.6 is 0 Å². The molecule has 1 nitrogen and oxygen atoms in total. The van der Waals surface area contributed by atoms with Crippen molar-refractivity contribution < 1.29 is 5.11 Å². The first-order valence-electron chi connectivity index (χ1n) is 19.3. The number of hydrogen-bond donors (Lipinski definition) is 1. The van der Waals surface area contributed by atoms with Crippen molar-refractivity contribution >= 4 is 32.3 Å². The van der Waals surface area contributed by atoms with Crippen molar-refractivity contribution in [1.82, 2.24) is 0 Å². The fourth-order valence-electron chi connectivity index (χ4n) is 9.29. The third kappa shape index (κ3) is 4.95. The van der Waals surface area contributed by atoms with Crippen LogP contribution in [-0.4, -0.2) is 5.11 Å². The van der Waals surface area contributed by atoms with E-state index in [2.05, 4.69) is 177 Å². The second-order valence-corrected chi connectivity index (χ2v) is 15.0. The summed E-state index contributed by atoms with van der Waals surface area (Å²) in [5.41, 5.74) is 17.7. The van der Waals surface area contributed by atoms with Crippen molar-refractivity contribution in [2.24, 2.45) is 0 Å². The Kier molecular flexibility index (Phi) is 7.30. The zero-order valence-corrected chi connectivity index (χ0v) is 30.9. The highest BCUT2D eigenvalue weighted by molar-refractivity contribution is 6.26. The highest BCUT2D eigenvalue weighted by Gasteiger charge is 2.22. The van der Waals surface area contributed by atoms with Gasteiger partial charge in [-0.3, -0.25) is 0 Å². The summed E-state index contributed by atoms with van der Waals surface area (Å²) >= 11 is 0.